The van der Waals surface area contributed by atoms with E-state index < -0.39 is 28.0 Å². The molecule has 0 bridgehead atoms. The first-order valence-corrected chi connectivity index (χ1v) is 14.8. The Bertz CT molecular complexity index is 1890. The molecule has 1 amide bonds. The van der Waals surface area contributed by atoms with Crippen LogP contribution < -0.4 is 10.0 Å². The molecule has 5 aromatic rings. The Morgan fingerprint density at radius 1 is 0.829 bits per heavy atom. The molecule has 1 heterocycles. The summed E-state index contributed by atoms with van der Waals surface area (Å²) < 4.78 is 35.6. The molecule has 0 fully saturated rings. The molecule has 0 radical (unpaired) electrons. The lowest BCUT2D eigenvalue weighted by molar-refractivity contribution is -0.123. The van der Waals surface area contributed by atoms with E-state index in [4.69, 9.17) is 4.74 Å². The van der Waals surface area contributed by atoms with Crippen molar-refractivity contribution in [3.05, 3.63) is 102 Å². The van der Waals surface area contributed by atoms with E-state index in [1.54, 1.807) is 18.2 Å². The number of sulfonamides is 1. The second-order valence-electron chi connectivity index (χ2n) is 9.96. The number of ether oxygens (including phenoxy) is 1. The molecule has 1 atom stereocenters. The van der Waals surface area contributed by atoms with Crippen LogP contribution in [0.2, 0.25) is 0 Å². The third-order valence-electron chi connectivity index (χ3n) is 7.17. The van der Waals surface area contributed by atoms with E-state index >= 15 is 0 Å². The van der Waals surface area contributed by atoms with Gasteiger partial charge in [0.1, 0.15) is 0 Å². The number of aryl methyl sites for hydroxylation is 3. The standard InChI is InChI=1S/C32H31N3O5S/c1-5-35-29-9-7-6-8-27(29)28-19-25(15-17-30(28)35)33-31(36)22(4)40-32(37)23-11-13-24(14-12-23)34-41(38,39)26-16-10-20(2)21(3)18-26/h6-19,22,34H,5H2,1-4H3,(H,33,36)/t22-/m1/s1. The third-order valence-corrected chi connectivity index (χ3v) is 8.55. The van der Waals surface area contributed by atoms with E-state index in [0.29, 0.717) is 11.4 Å². The van der Waals surface area contributed by atoms with Crippen molar-refractivity contribution >= 4 is 55.1 Å². The SMILES string of the molecule is CCn1c2ccccc2c2cc(NC(=O)[C@@H](C)OC(=O)c3ccc(NS(=O)(=O)c4ccc(C)c(C)c4)cc3)ccc21. The highest BCUT2D eigenvalue weighted by Gasteiger charge is 2.21. The van der Waals surface area contributed by atoms with Crippen LogP contribution >= 0.6 is 0 Å². The Labute approximate surface area is 239 Å². The predicted molar refractivity (Wildman–Crippen MR) is 162 cm³/mol. The molecule has 0 aliphatic heterocycles. The van der Waals surface area contributed by atoms with Crippen molar-refractivity contribution < 1.29 is 22.7 Å². The highest BCUT2D eigenvalue weighted by Crippen LogP contribution is 2.31. The fourth-order valence-corrected chi connectivity index (χ4v) is 5.91. The van der Waals surface area contributed by atoms with E-state index in [1.165, 1.54) is 31.2 Å². The second kappa shape index (κ2) is 11.1. The van der Waals surface area contributed by atoms with Crippen LogP contribution in [0.1, 0.15) is 35.3 Å². The van der Waals surface area contributed by atoms with Gasteiger partial charge in [-0.3, -0.25) is 9.52 Å². The van der Waals surface area contributed by atoms with Gasteiger partial charge in [0, 0.05) is 39.7 Å². The van der Waals surface area contributed by atoms with Crippen molar-refractivity contribution in [1.82, 2.24) is 4.57 Å². The number of hydrogen-bond donors (Lipinski definition) is 2. The molecule has 0 saturated carbocycles. The highest BCUT2D eigenvalue weighted by molar-refractivity contribution is 7.92. The molecule has 0 aliphatic carbocycles. The lowest BCUT2D eigenvalue weighted by atomic mass is 10.1. The maximum Gasteiger partial charge on any atom is 0.338 e. The van der Waals surface area contributed by atoms with E-state index in [9.17, 15) is 18.0 Å². The van der Waals surface area contributed by atoms with Gasteiger partial charge in [0.15, 0.2) is 6.10 Å². The van der Waals surface area contributed by atoms with Crippen LogP contribution in [0, 0.1) is 13.8 Å². The van der Waals surface area contributed by atoms with Crippen molar-refractivity contribution in [3.63, 3.8) is 0 Å². The number of rotatable bonds is 8. The molecule has 9 heteroatoms. The zero-order chi connectivity index (χ0) is 29.3. The fourth-order valence-electron chi connectivity index (χ4n) is 4.77. The number of carbonyl (C=O) groups excluding carboxylic acids is 2. The van der Waals surface area contributed by atoms with Crippen LogP contribution in [0.15, 0.2) is 89.8 Å². The van der Waals surface area contributed by atoms with Crippen LogP contribution in [-0.2, 0) is 26.1 Å². The molecular formula is C32H31N3O5S. The molecule has 0 saturated heterocycles. The quantitative estimate of drug-likeness (QED) is 0.210. The number of para-hydroxylation sites is 1. The monoisotopic (exact) mass is 569 g/mol. The molecule has 1 aromatic heterocycles. The number of aromatic nitrogens is 1. The number of carbonyl (C=O) groups is 2. The van der Waals surface area contributed by atoms with Crippen molar-refractivity contribution in [2.24, 2.45) is 0 Å². The third kappa shape index (κ3) is 5.67. The maximum absolute atomic E-state index is 12.9. The summed E-state index contributed by atoms with van der Waals surface area (Å²) in [4.78, 5) is 25.7. The summed E-state index contributed by atoms with van der Waals surface area (Å²) in [5, 5.41) is 4.96. The zero-order valence-electron chi connectivity index (χ0n) is 23.3. The number of hydrogen-bond acceptors (Lipinski definition) is 5. The largest absolute Gasteiger partial charge is 0.449 e. The van der Waals surface area contributed by atoms with Crippen molar-refractivity contribution in [2.75, 3.05) is 10.0 Å². The van der Waals surface area contributed by atoms with Gasteiger partial charge in [0.2, 0.25) is 0 Å². The summed E-state index contributed by atoms with van der Waals surface area (Å²) in [5.74, 6) is -1.16. The average Bonchev–Trinajstić information content (AvgIpc) is 3.27. The maximum atomic E-state index is 12.9. The van der Waals surface area contributed by atoms with Crippen molar-refractivity contribution in [2.45, 2.75) is 45.2 Å². The molecule has 41 heavy (non-hydrogen) atoms. The topological polar surface area (TPSA) is 106 Å². The number of nitrogens with zero attached hydrogens (tertiary/aromatic N) is 1. The first-order chi connectivity index (χ1) is 19.6. The molecular weight excluding hydrogens is 538 g/mol. The van der Waals surface area contributed by atoms with E-state index in [-0.39, 0.29) is 10.5 Å². The van der Waals surface area contributed by atoms with Gasteiger partial charge in [-0.05, 0) is 99.5 Å². The lowest BCUT2D eigenvalue weighted by Gasteiger charge is -2.14. The molecule has 4 aromatic carbocycles. The number of benzene rings is 4. The Balaban J connectivity index is 1.23. The van der Waals surface area contributed by atoms with Gasteiger partial charge in [-0.15, -0.1) is 0 Å². The highest BCUT2D eigenvalue weighted by atomic mass is 32.2. The number of anilines is 2. The normalized spacial score (nSPS) is 12.3. The van der Waals surface area contributed by atoms with E-state index in [0.717, 1.165) is 39.5 Å². The van der Waals surface area contributed by atoms with Crippen LogP contribution in [0.25, 0.3) is 21.8 Å². The van der Waals surface area contributed by atoms with Gasteiger partial charge in [-0.25, -0.2) is 13.2 Å². The Kier molecular flexibility index (Phi) is 7.55. The average molecular weight is 570 g/mol. The van der Waals surface area contributed by atoms with E-state index in [1.807, 2.05) is 44.2 Å². The van der Waals surface area contributed by atoms with Gasteiger partial charge in [-0.1, -0.05) is 24.3 Å². The Hall–Kier alpha value is -4.63. The molecule has 0 spiro atoms. The summed E-state index contributed by atoms with van der Waals surface area (Å²) in [6.45, 7) is 8.17. The summed E-state index contributed by atoms with van der Waals surface area (Å²) in [5.41, 5.74) is 5.15. The molecule has 210 valence electrons. The van der Waals surface area contributed by atoms with Crippen molar-refractivity contribution in [3.8, 4) is 0 Å². The van der Waals surface area contributed by atoms with Crippen LogP contribution in [0.4, 0.5) is 11.4 Å². The Morgan fingerprint density at radius 2 is 1.51 bits per heavy atom. The lowest BCUT2D eigenvalue weighted by Crippen LogP contribution is -2.30. The van der Waals surface area contributed by atoms with Gasteiger partial charge in [-0.2, -0.15) is 0 Å². The number of nitrogens with one attached hydrogen (secondary N) is 2. The second-order valence-corrected chi connectivity index (χ2v) is 11.6. The van der Waals surface area contributed by atoms with Gasteiger partial charge in [0.05, 0.1) is 10.5 Å². The van der Waals surface area contributed by atoms with Crippen LogP contribution in [-0.4, -0.2) is 31.0 Å². The van der Waals surface area contributed by atoms with Crippen LogP contribution in [0.3, 0.4) is 0 Å². The van der Waals surface area contributed by atoms with Crippen LogP contribution in [0.5, 0.6) is 0 Å². The van der Waals surface area contributed by atoms with Gasteiger partial charge in [0.25, 0.3) is 15.9 Å². The van der Waals surface area contributed by atoms with Gasteiger partial charge >= 0.3 is 5.97 Å². The van der Waals surface area contributed by atoms with E-state index in [2.05, 4.69) is 33.7 Å². The molecule has 2 N–H and O–H groups in total. The number of amides is 1. The fraction of sp³-hybridized carbons (Fsp3) is 0.188. The van der Waals surface area contributed by atoms with Crippen molar-refractivity contribution in [1.29, 1.82) is 0 Å². The first kappa shape index (κ1) is 27.9. The molecule has 0 aliphatic rings. The van der Waals surface area contributed by atoms with Gasteiger partial charge < -0.3 is 14.6 Å². The molecule has 5 rings (SSSR count). The number of esters is 1. The minimum Gasteiger partial charge on any atom is -0.449 e. The summed E-state index contributed by atoms with van der Waals surface area (Å²) >= 11 is 0. The summed E-state index contributed by atoms with van der Waals surface area (Å²) in [6, 6.07) is 24.6. The molecule has 8 nitrogen and oxygen atoms in total. The number of fused-ring (bicyclic) bond motifs is 3. The minimum atomic E-state index is -3.79. The Morgan fingerprint density at radius 3 is 2.22 bits per heavy atom. The minimum absolute atomic E-state index is 0.152. The smallest absolute Gasteiger partial charge is 0.338 e. The first-order valence-electron chi connectivity index (χ1n) is 13.3. The summed E-state index contributed by atoms with van der Waals surface area (Å²) in [6.07, 6.45) is -1.06. The molecule has 0 unspecified atom stereocenters. The summed E-state index contributed by atoms with van der Waals surface area (Å²) in [7, 11) is -3.79. The predicted octanol–water partition coefficient (Wildman–Crippen LogP) is 6.42. The zero-order valence-corrected chi connectivity index (χ0v) is 24.1.